The molecule has 2 N–H and O–H groups in total. The molecule has 27 heavy (non-hydrogen) atoms. The summed E-state index contributed by atoms with van der Waals surface area (Å²) in [4.78, 5) is 38.1. The second-order valence-electron chi connectivity index (χ2n) is 8.01. The van der Waals surface area contributed by atoms with E-state index in [-0.39, 0.29) is 19.6 Å². The third-order valence-corrected chi connectivity index (χ3v) is 3.01. The molecule has 2 atom stereocenters. The van der Waals surface area contributed by atoms with Crippen LogP contribution in [0.25, 0.3) is 0 Å². The first kappa shape index (κ1) is 25.1. The molecule has 0 rings (SSSR count). The lowest BCUT2D eigenvalue weighted by Crippen LogP contribution is -2.53. The van der Waals surface area contributed by atoms with Gasteiger partial charge < -0.3 is 19.9 Å². The fourth-order valence-corrected chi connectivity index (χ4v) is 2.04. The van der Waals surface area contributed by atoms with Gasteiger partial charge in [-0.05, 0) is 61.4 Å². The average molecular weight is 392 g/mol. The minimum Gasteiger partial charge on any atom is -0.464 e. The van der Waals surface area contributed by atoms with Gasteiger partial charge >= 0.3 is 18.2 Å². The van der Waals surface area contributed by atoms with Crippen molar-refractivity contribution < 1.29 is 33.0 Å². The molecule has 2 amide bonds. The van der Waals surface area contributed by atoms with E-state index in [0.29, 0.717) is 4.90 Å². The molecule has 0 spiro atoms. The highest BCUT2D eigenvalue weighted by atomic mass is 19.1. The number of rotatable bonds is 7. The molecule has 0 saturated heterocycles. The number of esters is 1. The Balaban J connectivity index is 5.88. The Morgan fingerprint density at radius 1 is 1.00 bits per heavy atom. The van der Waals surface area contributed by atoms with Crippen molar-refractivity contribution in [2.24, 2.45) is 5.73 Å². The number of ether oxygens (including phenoxy) is 3. The summed E-state index contributed by atoms with van der Waals surface area (Å²) >= 11 is 0. The van der Waals surface area contributed by atoms with Crippen LogP contribution < -0.4 is 5.73 Å². The molecule has 0 aromatic rings. The van der Waals surface area contributed by atoms with Crippen molar-refractivity contribution in [2.75, 3.05) is 13.2 Å². The van der Waals surface area contributed by atoms with Crippen LogP contribution in [0.5, 0.6) is 0 Å². The summed E-state index contributed by atoms with van der Waals surface area (Å²) in [7, 11) is 0. The first-order chi connectivity index (χ1) is 12.2. The lowest BCUT2D eigenvalue weighted by molar-refractivity contribution is -0.150. The number of carbonyl (C=O) groups excluding carboxylic acids is 3. The second kappa shape index (κ2) is 10.4. The van der Waals surface area contributed by atoms with Crippen LogP contribution >= 0.6 is 0 Å². The van der Waals surface area contributed by atoms with Crippen LogP contribution in [0, 0.1) is 0 Å². The van der Waals surface area contributed by atoms with E-state index in [2.05, 4.69) is 0 Å². The van der Waals surface area contributed by atoms with Gasteiger partial charge in [-0.15, -0.1) is 0 Å². The first-order valence-electron chi connectivity index (χ1n) is 8.97. The molecule has 9 heteroatoms. The number of nitrogens with two attached hydrogens (primary N) is 1. The third-order valence-electron chi connectivity index (χ3n) is 3.01. The summed E-state index contributed by atoms with van der Waals surface area (Å²) in [5.74, 6) is -0.922. The SMILES string of the molecule is CCOC(=O)C(CC(F)CCN)N(C(=O)OC(C)(C)C)C(=O)OC(C)(C)C. The first-order valence-corrected chi connectivity index (χ1v) is 8.97. The number of hydrogen-bond donors (Lipinski definition) is 1. The molecule has 0 aromatic carbocycles. The van der Waals surface area contributed by atoms with Crippen LogP contribution in [0.1, 0.15) is 61.3 Å². The summed E-state index contributed by atoms with van der Waals surface area (Å²) in [5, 5.41) is 0. The van der Waals surface area contributed by atoms with Gasteiger partial charge in [0.1, 0.15) is 23.4 Å². The lowest BCUT2D eigenvalue weighted by atomic mass is 10.1. The van der Waals surface area contributed by atoms with Gasteiger partial charge in [0.2, 0.25) is 0 Å². The van der Waals surface area contributed by atoms with Crippen LogP contribution in [0.3, 0.4) is 0 Å². The van der Waals surface area contributed by atoms with Gasteiger partial charge in [-0.3, -0.25) is 0 Å². The molecule has 2 unspecified atom stereocenters. The van der Waals surface area contributed by atoms with Crippen molar-refractivity contribution >= 4 is 18.2 Å². The summed E-state index contributed by atoms with van der Waals surface area (Å²) < 4.78 is 29.6. The number of alkyl halides is 1. The molecular formula is C18H33FN2O6. The Labute approximate surface area is 160 Å². The van der Waals surface area contributed by atoms with Gasteiger partial charge in [0.15, 0.2) is 0 Å². The Morgan fingerprint density at radius 3 is 1.78 bits per heavy atom. The maximum Gasteiger partial charge on any atom is 0.420 e. The highest BCUT2D eigenvalue weighted by Gasteiger charge is 2.42. The minimum atomic E-state index is -1.53. The quantitative estimate of drug-likeness (QED) is 0.523. The molecule has 158 valence electrons. The monoisotopic (exact) mass is 392 g/mol. The summed E-state index contributed by atoms with van der Waals surface area (Å²) in [5.41, 5.74) is 3.47. The number of amides is 2. The molecule has 0 aliphatic carbocycles. The Bertz CT molecular complexity index is 485. The van der Waals surface area contributed by atoms with E-state index in [4.69, 9.17) is 19.9 Å². The third kappa shape index (κ3) is 10.1. The lowest BCUT2D eigenvalue weighted by Gasteiger charge is -2.32. The molecule has 0 heterocycles. The van der Waals surface area contributed by atoms with Gasteiger partial charge in [0.05, 0.1) is 6.61 Å². The van der Waals surface area contributed by atoms with Crippen molar-refractivity contribution in [1.82, 2.24) is 4.90 Å². The highest BCUT2D eigenvalue weighted by molar-refractivity contribution is 5.94. The van der Waals surface area contributed by atoms with E-state index in [0.717, 1.165) is 0 Å². The number of nitrogens with zero attached hydrogens (tertiary/aromatic N) is 1. The van der Waals surface area contributed by atoms with Gasteiger partial charge in [0, 0.05) is 6.42 Å². The molecule has 0 aliphatic heterocycles. The summed E-state index contributed by atoms with van der Waals surface area (Å²) in [6.45, 7) is 11.2. The van der Waals surface area contributed by atoms with Crippen molar-refractivity contribution in [3.05, 3.63) is 0 Å². The van der Waals surface area contributed by atoms with Gasteiger partial charge in [-0.1, -0.05) is 0 Å². The van der Waals surface area contributed by atoms with Crippen LogP contribution in [-0.2, 0) is 19.0 Å². The molecule has 0 radical (unpaired) electrons. The zero-order valence-electron chi connectivity index (χ0n) is 17.3. The molecule has 0 fully saturated rings. The van der Waals surface area contributed by atoms with Crippen LogP contribution in [0.4, 0.5) is 14.0 Å². The molecule has 0 aromatic heterocycles. The molecule has 0 aliphatic rings. The van der Waals surface area contributed by atoms with E-state index in [1.165, 1.54) is 0 Å². The maximum atomic E-state index is 14.2. The predicted molar refractivity (Wildman–Crippen MR) is 97.9 cm³/mol. The number of carbonyl (C=O) groups is 3. The largest absolute Gasteiger partial charge is 0.464 e. The molecule has 0 bridgehead atoms. The fourth-order valence-electron chi connectivity index (χ4n) is 2.04. The summed E-state index contributed by atoms with van der Waals surface area (Å²) in [6, 6.07) is -1.53. The van der Waals surface area contributed by atoms with E-state index < -0.39 is 48.0 Å². The molecule has 0 saturated carbocycles. The molecular weight excluding hydrogens is 359 g/mol. The van der Waals surface area contributed by atoms with E-state index in [1.807, 2.05) is 0 Å². The van der Waals surface area contributed by atoms with E-state index in [9.17, 15) is 18.8 Å². The van der Waals surface area contributed by atoms with Gasteiger partial charge in [-0.25, -0.2) is 18.8 Å². The zero-order chi connectivity index (χ0) is 21.4. The second-order valence-corrected chi connectivity index (χ2v) is 8.01. The number of imide groups is 1. The number of halogens is 1. The van der Waals surface area contributed by atoms with Crippen molar-refractivity contribution in [3.8, 4) is 0 Å². The zero-order valence-corrected chi connectivity index (χ0v) is 17.3. The van der Waals surface area contributed by atoms with Crippen LogP contribution in [-0.4, -0.2) is 59.6 Å². The maximum absolute atomic E-state index is 14.2. The number of hydrogen-bond acceptors (Lipinski definition) is 7. The highest BCUT2D eigenvalue weighted by Crippen LogP contribution is 2.21. The van der Waals surface area contributed by atoms with Crippen LogP contribution in [0.15, 0.2) is 0 Å². The van der Waals surface area contributed by atoms with Crippen molar-refractivity contribution in [3.63, 3.8) is 0 Å². The summed E-state index contributed by atoms with van der Waals surface area (Å²) in [6.07, 6.45) is -4.25. The fraction of sp³-hybridized carbons (Fsp3) is 0.833. The van der Waals surface area contributed by atoms with E-state index in [1.54, 1.807) is 48.5 Å². The van der Waals surface area contributed by atoms with Gasteiger partial charge in [0.25, 0.3) is 0 Å². The Morgan fingerprint density at radius 2 is 1.44 bits per heavy atom. The predicted octanol–water partition coefficient (Wildman–Crippen LogP) is 3.17. The topological polar surface area (TPSA) is 108 Å². The Kier molecular flexibility index (Phi) is 9.70. The van der Waals surface area contributed by atoms with Crippen molar-refractivity contribution in [2.45, 2.75) is 84.7 Å². The average Bonchev–Trinajstić information content (AvgIpc) is 2.43. The normalized spacial score (nSPS) is 14.1. The van der Waals surface area contributed by atoms with E-state index >= 15 is 0 Å². The molecule has 8 nitrogen and oxygen atoms in total. The van der Waals surface area contributed by atoms with Crippen LogP contribution in [0.2, 0.25) is 0 Å². The smallest absolute Gasteiger partial charge is 0.420 e. The van der Waals surface area contributed by atoms with Crippen molar-refractivity contribution in [1.29, 1.82) is 0 Å². The Hall–Kier alpha value is -1.90. The minimum absolute atomic E-state index is 0.000346. The van der Waals surface area contributed by atoms with Gasteiger partial charge in [-0.2, -0.15) is 4.90 Å². The standard InChI is InChI=1S/C18H33FN2O6/c1-8-25-14(22)13(11-12(19)9-10-20)21(15(23)26-17(2,3)4)16(24)27-18(5,6)7/h12-13H,8-11,20H2,1-7H3.